The van der Waals surface area contributed by atoms with Gasteiger partial charge in [-0.15, -0.1) is 0 Å². The molecule has 1 heterocycles. The van der Waals surface area contributed by atoms with Crippen molar-refractivity contribution >= 4 is 15.9 Å². The Morgan fingerprint density at radius 1 is 1.44 bits per heavy atom. The first-order valence-corrected chi connectivity index (χ1v) is 6.99. The van der Waals surface area contributed by atoms with Crippen LogP contribution in [0.2, 0.25) is 0 Å². The van der Waals surface area contributed by atoms with Crippen molar-refractivity contribution in [1.82, 2.24) is 9.78 Å². The fourth-order valence-corrected chi connectivity index (χ4v) is 2.48. The summed E-state index contributed by atoms with van der Waals surface area (Å²) in [5, 5.41) is 4.30. The van der Waals surface area contributed by atoms with Crippen molar-refractivity contribution in [2.45, 2.75) is 25.8 Å². The number of rotatable bonds is 5. The van der Waals surface area contributed by atoms with Gasteiger partial charge in [0.05, 0.1) is 6.20 Å². The summed E-state index contributed by atoms with van der Waals surface area (Å²) in [7, 11) is 0. The van der Waals surface area contributed by atoms with Crippen molar-refractivity contribution < 1.29 is 0 Å². The molecule has 0 fully saturated rings. The van der Waals surface area contributed by atoms with Gasteiger partial charge >= 0.3 is 0 Å². The molecule has 96 valence electrons. The Hall–Kier alpha value is -1.13. The molecule has 0 spiro atoms. The molecule has 0 amide bonds. The van der Waals surface area contributed by atoms with Crippen LogP contribution in [0.5, 0.6) is 0 Å². The zero-order valence-electron chi connectivity index (χ0n) is 10.5. The molecule has 0 aliphatic rings. The highest BCUT2D eigenvalue weighted by atomic mass is 79.9. The number of aryl methyl sites for hydroxylation is 1. The van der Waals surface area contributed by atoms with Crippen LogP contribution in [0.15, 0.2) is 41.1 Å². The van der Waals surface area contributed by atoms with Gasteiger partial charge in [-0.05, 0) is 43.1 Å². The van der Waals surface area contributed by atoms with E-state index < -0.39 is 0 Å². The smallest absolute Gasteiger partial charge is 0.0521 e. The topological polar surface area (TPSA) is 43.8 Å². The van der Waals surface area contributed by atoms with Crippen molar-refractivity contribution in [3.8, 4) is 0 Å². The lowest BCUT2D eigenvalue weighted by Gasteiger charge is -2.14. The van der Waals surface area contributed by atoms with Crippen LogP contribution >= 0.6 is 15.9 Å². The van der Waals surface area contributed by atoms with Crippen LogP contribution in [-0.4, -0.2) is 16.3 Å². The average molecular weight is 308 g/mol. The van der Waals surface area contributed by atoms with Crippen LogP contribution in [0.3, 0.4) is 0 Å². The fourth-order valence-electron chi connectivity index (χ4n) is 2.07. The molecule has 18 heavy (non-hydrogen) atoms. The summed E-state index contributed by atoms with van der Waals surface area (Å²) in [6.45, 7) is 3.64. The molecule has 0 aliphatic heterocycles. The maximum atomic E-state index is 5.90. The molecule has 3 nitrogen and oxygen atoms in total. The second-order valence-electron chi connectivity index (χ2n) is 4.40. The van der Waals surface area contributed by atoms with E-state index in [0.717, 1.165) is 17.4 Å². The van der Waals surface area contributed by atoms with Crippen molar-refractivity contribution in [2.24, 2.45) is 5.73 Å². The second kappa shape index (κ2) is 6.16. The first-order chi connectivity index (χ1) is 8.72. The first kappa shape index (κ1) is 13.3. The molecule has 1 atom stereocenters. The Morgan fingerprint density at radius 3 is 2.89 bits per heavy atom. The lowest BCUT2D eigenvalue weighted by molar-refractivity contribution is 0.656. The maximum absolute atomic E-state index is 5.90. The van der Waals surface area contributed by atoms with Gasteiger partial charge in [-0.1, -0.05) is 28.1 Å². The molecule has 0 radical (unpaired) electrons. The Labute approximate surface area is 116 Å². The second-order valence-corrected chi connectivity index (χ2v) is 5.31. The molecule has 2 aromatic rings. The summed E-state index contributed by atoms with van der Waals surface area (Å²) in [5.74, 6) is 0.344. The number of hydrogen-bond donors (Lipinski definition) is 1. The van der Waals surface area contributed by atoms with Gasteiger partial charge in [0.1, 0.15) is 0 Å². The van der Waals surface area contributed by atoms with E-state index in [9.17, 15) is 0 Å². The van der Waals surface area contributed by atoms with E-state index in [-0.39, 0.29) is 0 Å². The zero-order valence-corrected chi connectivity index (χ0v) is 12.1. The van der Waals surface area contributed by atoms with Crippen LogP contribution in [0, 0.1) is 0 Å². The molecule has 4 heteroatoms. The zero-order chi connectivity index (χ0) is 13.0. The van der Waals surface area contributed by atoms with Crippen molar-refractivity contribution in [3.05, 3.63) is 52.3 Å². The normalized spacial score (nSPS) is 12.6. The minimum absolute atomic E-state index is 0.344. The predicted molar refractivity (Wildman–Crippen MR) is 77.5 cm³/mol. The third kappa shape index (κ3) is 3.21. The molecule has 0 saturated carbocycles. The van der Waals surface area contributed by atoms with Gasteiger partial charge in [0.2, 0.25) is 0 Å². The van der Waals surface area contributed by atoms with Crippen molar-refractivity contribution in [1.29, 1.82) is 0 Å². The summed E-state index contributed by atoms with van der Waals surface area (Å²) in [4.78, 5) is 0. The van der Waals surface area contributed by atoms with Crippen LogP contribution in [0.4, 0.5) is 0 Å². The summed E-state index contributed by atoms with van der Waals surface area (Å²) in [5.41, 5.74) is 8.42. The maximum Gasteiger partial charge on any atom is 0.0521 e. The molecular weight excluding hydrogens is 290 g/mol. The highest BCUT2D eigenvalue weighted by Gasteiger charge is 2.12. The highest BCUT2D eigenvalue weighted by molar-refractivity contribution is 9.10. The van der Waals surface area contributed by atoms with Gasteiger partial charge in [0.25, 0.3) is 0 Å². The van der Waals surface area contributed by atoms with Crippen LogP contribution < -0.4 is 5.73 Å². The SMILES string of the molecule is CCn1cc(CC(CN)c2cccc(Br)c2)cn1. The number of nitrogens with zero attached hydrogens (tertiary/aromatic N) is 2. The van der Waals surface area contributed by atoms with Crippen molar-refractivity contribution in [3.63, 3.8) is 0 Å². The Bertz CT molecular complexity index is 507. The average Bonchev–Trinajstić information content (AvgIpc) is 2.83. The van der Waals surface area contributed by atoms with Gasteiger partial charge in [0, 0.05) is 23.1 Å². The number of benzene rings is 1. The lowest BCUT2D eigenvalue weighted by atomic mass is 9.93. The molecule has 0 saturated heterocycles. The molecule has 1 aromatic carbocycles. The summed E-state index contributed by atoms with van der Waals surface area (Å²) in [6, 6.07) is 8.36. The summed E-state index contributed by atoms with van der Waals surface area (Å²) >= 11 is 3.50. The van der Waals surface area contributed by atoms with E-state index in [4.69, 9.17) is 5.73 Å². The minimum atomic E-state index is 0.344. The number of nitrogens with two attached hydrogens (primary N) is 1. The largest absolute Gasteiger partial charge is 0.330 e. The molecule has 0 bridgehead atoms. The minimum Gasteiger partial charge on any atom is -0.330 e. The Kier molecular flexibility index (Phi) is 4.55. The molecule has 0 aliphatic carbocycles. The van der Waals surface area contributed by atoms with Gasteiger partial charge in [-0.3, -0.25) is 4.68 Å². The van der Waals surface area contributed by atoms with E-state index in [2.05, 4.69) is 52.3 Å². The number of halogens is 1. The number of aromatic nitrogens is 2. The van der Waals surface area contributed by atoms with Crippen LogP contribution in [-0.2, 0) is 13.0 Å². The Morgan fingerprint density at radius 2 is 2.28 bits per heavy atom. The molecular formula is C14H18BrN3. The van der Waals surface area contributed by atoms with Crippen molar-refractivity contribution in [2.75, 3.05) is 6.54 Å². The van der Waals surface area contributed by atoms with Gasteiger partial charge in [-0.2, -0.15) is 5.10 Å². The summed E-state index contributed by atoms with van der Waals surface area (Å²) < 4.78 is 3.05. The first-order valence-electron chi connectivity index (χ1n) is 6.19. The van der Waals surface area contributed by atoms with E-state index in [0.29, 0.717) is 12.5 Å². The number of hydrogen-bond acceptors (Lipinski definition) is 2. The van der Waals surface area contributed by atoms with Gasteiger partial charge < -0.3 is 5.73 Å². The quantitative estimate of drug-likeness (QED) is 0.923. The summed E-state index contributed by atoms with van der Waals surface area (Å²) in [6.07, 6.45) is 4.97. The fraction of sp³-hybridized carbons (Fsp3) is 0.357. The van der Waals surface area contributed by atoms with E-state index in [1.54, 1.807) is 0 Å². The van der Waals surface area contributed by atoms with Crippen LogP contribution in [0.25, 0.3) is 0 Å². The third-order valence-corrected chi connectivity index (χ3v) is 3.59. The van der Waals surface area contributed by atoms with Crippen LogP contribution in [0.1, 0.15) is 24.0 Å². The molecule has 1 aromatic heterocycles. The predicted octanol–water partition coefficient (Wildman–Crippen LogP) is 2.95. The Balaban J connectivity index is 2.14. The van der Waals surface area contributed by atoms with E-state index in [1.807, 2.05) is 16.9 Å². The van der Waals surface area contributed by atoms with E-state index >= 15 is 0 Å². The standard InChI is InChI=1S/C14H18BrN3/c1-2-18-10-11(9-17-18)6-13(8-16)12-4-3-5-14(15)7-12/h3-5,7,9-10,13H,2,6,8,16H2,1H3. The molecule has 2 rings (SSSR count). The highest BCUT2D eigenvalue weighted by Crippen LogP contribution is 2.22. The molecule has 2 N–H and O–H groups in total. The lowest BCUT2D eigenvalue weighted by Crippen LogP contribution is -2.14. The van der Waals surface area contributed by atoms with Gasteiger partial charge in [0.15, 0.2) is 0 Å². The monoisotopic (exact) mass is 307 g/mol. The third-order valence-electron chi connectivity index (χ3n) is 3.10. The molecule has 1 unspecified atom stereocenters. The van der Waals surface area contributed by atoms with Gasteiger partial charge in [-0.25, -0.2) is 0 Å². The van der Waals surface area contributed by atoms with E-state index in [1.165, 1.54) is 11.1 Å².